The van der Waals surface area contributed by atoms with Gasteiger partial charge in [0, 0.05) is 23.4 Å². The van der Waals surface area contributed by atoms with E-state index in [0.29, 0.717) is 16.1 Å². The lowest BCUT2D eigenvalue weighted by molar-refractivity contribution is 0.0916. The first-order valence-corrected chi connectivity index (χ1v) is 9.06. The van der Waals surface area contributed by atoms with Gasteiger partial charge < -0.3 is 10.4 Å². The molecule has 2 N–H and O–H groups in total. The number of halogens is 1. The summed E-state index contributed by atoms with van der Waals surface area (Å²) in [6, 6.07) is 12.3. The maximum absolute atomic E-state index is 12.0. The predicted molar refractivity (Wildman–Crippen MR) is 88.3 cm³/mol. The lowest BCUT2D eigenvalue weighted by atomic mass is 10.1. The van der Waals surface area contributed by atoms with Crippen molar-refractivity contribution in [1.82, 2.24) is 5.32 Å². The summed E-state index contributed by atoms with van der Waals surface area (Å²) in [5, 5.41) is 13.1. The van der Waals surface area contributed by atoms with E-state index in [1.165, 1.54) is 24.3 Å². The lowest BCUT2D eigenvalue weighted by Crippen LogP contribution is -2.28. The summed E-state index contributed by atoms with van der Waals surface area (Å²) in [4.78, 5) is 12.2. The highest BCUT2D eigenvalue weighted by molar-refractivity contribution is 7.90. The highest BCUT2D eigenvalue weighted by Gasteiger charge is 2.12. The molecule has 1 atom stereocenters. The number of hydrogen-bond donors (Lipinski definition) is 2. The number of nitrogens with one attached hydrogen (secondary N) is 1. The lowest BCUT2D eigenvalue weighted by Gasteiger charge is -2.12. The second-order valence-electron chi connectivity index (χ2n) is 5.08. The van der Waals surface area contributed by atoms with Crippen LogP contribution in [0.5, 0.6) is 0 Å². The monoisotopic (exact) mass is 353 g/mol. The van der Waals surface area contributed by atoms with Crippen LogP contribution in [0.4, 0.5) is 0 Å². The average Bonchev–Trinajstić information content (AvgIpc) is 2.51. The Balaban J connectivity index is 1.99. The van der Waals surface area contributed by atoms with Crippen molar-refractivity contribution < 1.29 is 18.3 Å². The van der Waals surface area contributed by atoms with Crippen LogP contribution in [0.3, 0.4) is 0 Å². The molecule has 2 rings (SSSR count). The average molecular weight is 354 g/mol. The number of hydrogen-bond acceptors (Lipinski definition) is 4. The number of aliphatic hydroxyl groups excluding tert-OH is 1. The fourth-order valence-electron chi connectivity index (χ4n) is 1.98. The Morgan fingerprint density at radius 2 is 1.87 bits per heavy atom. The van der Waals surface area contributed by atoms with Crippen LogP contribution in [-0.2, 0) is 9.84 Å². The number of amides is 1. The third-order valence-corrected chi connectivity index (χ3v) is 4.60. The summed E-state index contributed by atoms with van der Waals surface area (Å²) in [7, 11) is -3.30. The standard InChI is InChI=1S/C16H16ClNO4S/c1-23(21,22)14-7-5-11(6-8-14)16(20)18-10-15(19)12-3-2-4-13(17)9-12/h2-9,15,19H,10H2,1H3,(H,18,20). The number of aliphatic hydroxyl groups is 1. The largest absolute Gasteiger partial charge is 0.387 e. The van der Waals surface area contributed by atoms with Gasteiger partial charge in [-0.15, -0.1) is 0 Å². The maximum atomic E-state index is 12.0. The Hall–Kier alpha value is -1.89. The van der Waals surface area contributed by atoms with Crippen molar-refractivity contribution in [2.75, 3.05) is 12.8 Å². The topological polar surface area (TPSA) is 83.5 Å². The zero-order valence-corrected chi connectivity index (χ0v) is 13.9. The Labute approximate surface area is 139 Å². The van der Waals surface area contributed by atoms with E-state index >= 15 is 0 Å². The van der Waals surface area contributed by atoms with Gasteiger partial charge in [0.25, 0.3) is 5.91 Å². The summed E-state index contributed by atoms with van der Waals surface area (Å²) in [6.45, 7) is 0.0208. The minimum Gasteiger partial charge on any atom is -0.387 e. The van der Waals surface area contributed by atoms with Gasteiger partial charge in [0.2, 0.25) is 0 Å². The van der Waals surface area contributed by atoms with Crippen LogP contribution in [0, 0.1) is 0 Å². The van der Waals surface area contributed by atoms with Crippen LogP contribution in [0.2, 0.25) is 5.02 Å². The molecule has 0 aliphatic rings. The zero-order valence-electron chi connectivity index (χ0n) is 12.4. The summed E-state index contributed by atoms with van der Waals surface area (Å²) in [5.74, 6) is -0.397. The Kier molecular flexibility index (Phi) is 5.41. The summed E-state index contributed by atoms with van der Waals surface area (Å²) >= 11 is 5.85. The van der Waals surface area contributed by atoms with E-state index in [4.69, 9.17) is 11.6 Å². The first-order chi connectivity index (χ1) is 10.8. The molecule has 5 nitrogen and oxygen atoms in total. The third-order valence-electron chi connectivity index (χ3n) is 3.23. The van der Waals surface area contributed by atoms with E-state index < -0.39 is 21.8 Å². The molecule has 122 valence electrons. The van der Waals surface area contributed by atoms with Crippen molar-refractivity contribution in [2.45, 2.75) is 11.0 Å². The minimum atomic E-state index is -3.30. The molecule has 0 fully saturated rings. The molecule has 0 bridgehead atoms. The SMILES string of the molecule is CS(=O)(=O)c1ccc(C(=O)NCC(O)c2cccc(Cl)c2)cc1. The van der Waals surface area contributed by atoms with Crippen molar-refractivity contribution in [2.24, 2.45) is 0 Å². The minimum absolute atomic E-state index is 0.0208. The number of carbonyl (C=O) groups excluding carboxylic acids is 1. The highest BCUT2D eigenvalue weighted by atomic mass is 35.5. The molecule has 0 saturated heterocycles. The Morgan fingerprint density at radius 1 is 1.22 bits per heavy atom. The van der Waals surface area contributed by atoms with Crippen LogP contribution in [0.15, 0.2) is 53.4 Å². The quantitative estimate of drug-likeness (QED) is 0.863. The zero-order chi connectivity index (χ0) is 17.0. The molecule has 23 heavy (non-hydrogen) atoms. The molecule has 0 radical (unpaired) electrons. The van der Waals surface area contributed by atoms with Crippen molar-refractivity contribution >= 4 is 27.3 Å². The molecule has 2 aromatic carbocycles. The molecule has 0 aromatic heterocycles. The Morgan fingerprint density at radius 3 is 2.43 bits per heavy atom. The van der Waals surface area contributed by atoms with Gasteiger partial charge in [-0.05, 0) is 42.0 Å². The molecule has 7 heteroatoms. The fraction of sp³-hybridized carbons (Fsp3) is 0.188. The Bertz CT molecular complexity index is 803. The molecule has 0 spiro atoms. The number of carbonyl (C=O) groups is 1. The van der Waals surface area contributed by atoms with Crippen LogP contribution >= 0.6 is 11.6 Å². The molecular weight excluding hydrogens is 338 g/mol. The number of sulfone groups is 1. The fourth-order valence-corrected chi connectivity index (χ4v) is 2.81. The van der Waals surface area contributed by atoms with E-state index in [1.54, 1.807) is 24.3 Å². The third kappa shape index (κ3) is 4.79. The van der Waals surface area contributed by atoms with E-state index in [9.17, 15) is 18.3 Å². The van der Waals surface area contributed by atoms with Crippen LogP contribution in [0.1, 0.15) is 22.0 Å². The van der Waals surface area contributed by atoms with E-state index in [1.807, 2.05) is 0 Å². The second kappa shape index (κ2) is 7.12. The van der Waals surface area contributed by atoms with Crippen LogP contribution in [0.25, 0.3) is 0 Å². The molecule has 0 aliphatic heterocycles. The van der Waals surface area contributed by atoms with E-state index in [0.717, 1.165) is 6.26 Å². The first kappa shape index (κ1) is 17.5. The number of rotatable bonds is 5. The van der Waals surface area contributed by atoms with Gasteiger partial charge in [-0.3, -0.25) is 4.79 Å². The maximum Gasteiger partial charge on any atom is 0.251 e. The molecule has 0 heterocycles. The van der Waals surface area contributed by atoms with Gasteiger partial charge >= 0.3 is 0 Å². The van der Waals surface area contributed by atoms with Crippen molar-refractivity contribution in [3.8, 4) is 0 Å². The predicted octanol–water partition coefficient (Wildman–Crippen LogP) is 2.21. The smallest absolute Gasteiger partial charge is 0.251 e. The summed E-state index contributed by atoms with van der Waals surface area (Å²) in [6.07, 6.45) is 0.219. The molecular formula is C16H16ClNO4S. The molecule has 0 aliphatic carbocycles. The summed E-state index contributed by atoms with van der Waals surface area (Å²) in [5.41, 5.74) is 0.918. The normalized spacial score (nSPS) is 12.7. The van der Waals surface area contributed by atoms with Gasteiger partial charge in [0.1, 0.15) is 0 Å². The van der Waals surface area contributed by atoms with Gasteiger partial charge in [-0.25, -0.2) is 8.42 Å². The van der Waals surface area contributed by atoms with Gasteiger partial charge in [-0.1, -0.05) is 23.7 Å². The van der Waals surface area contributed by atoms with Gasteiger partial charge in [0.05, 0.1) is 11.0 Å². The molecule has 0 saturated carbocycles. The molecule has 1 unspecified atom stereocenters. The first-order valence-electron chi connectivity index (χ1n) is 6.79. The second-order valence-corrected chi connectivity index (χ2v) is 7.53. The van der Waals surface area contributed by atoms with E-state index in [2.05, 4.69) is 5.32 Å². The number of benzene rings is 2. The van der Waals surface area contributed by atoms with Crippen molar-refractivity contribution in [1.29, 1.82) is 0 Å². The highest BCUT2D eigenvalue weighted by Crippen LogP contribution is 2.17. The van der Waals surface area contributed by atoms with E-state index in [-0.39, 0.29) is 11.4 Å². The van der Waals surface area contributed by atoms with Gasteiger partial charge in [-0.2, -0.15) is 0 Å². The van der Waals surface area contributed by atoms with Gasteiger partial charge in [0.15, 0.2) is 9.84 Å². The van der Waals surface area contributed by atoms with Crippen molar-refractivity contribution in [3.05, 3.63) is 64.7 Å². The van der Waals surface area contributed by atoms with Crippen molar-refractivity contribution in [3.63, 3.8) is 0 Å². The molecule has 2 aromatic rings. The summed E-state index contributed by atoms with van der Waals surface area (Å²) < 4.78 is 22.7. The molecule has 1 amide bonds. The van der Waals surface area contributed by atoms with Crippen LogP contribution in [-0.4, -0.2) is 32.2 Å². The van der Waals surface area contributed by atoms with Crippen LogP contribution < -0.4 is 5.32 Å².